The normalized spacial score (nSPS) is 22.3. The first-order valence-electron chi connectivity index (χ1n) is 11.8. The zero-order valence-electron chi connectivity index (χ0n) is 18.4. The number of amides is 1. The first-order chi connectivity index (χ1) is 15.2. The van der Waals surface area contributed by atoms with E-state index in [2.05, 4.69) is 46.6 Å². The molecule has 1 amide bonds. The minimum atomic E-state index is 0.0937. The van der Waals surface area contributed by atoms with Crippen molar-refractivity contribution in [2.45, 2.75) is 57.2 Å². The molecule has 31 heavy (non-hydrogen) atoms. The Bertz CT molecular complexity index is 840. The molecule has 0 spiro atoms. The van der Waals surface area contributed by atoms with Gasteiger partial charge >= 0.3 is 0 Å². The maximum atomic E-state index is 13.2. The van der Waals surface area contributed by atoms with Crippen molar-refractivity contribution in [2.24, 2.45) is 0 Å². The summed E-state index contributed by atoms with van der Waals surface area (Å²) < 4.78 is 0. The maximum absolute atomic E-state index is 13.2. The van der Waals surface area contributed by atoms with Crippen molar-refractivity contribution in [1.29, 1.82) is 0 Å². The van der Waals surface area contributed by atoms with Crippen LogP contribution in [0.3, 0.4) is 0 Å². The molecule has 2 N–H and O–H groups in total. The average molecular weight is 422 g/mol. The fraction of sp³-hybridized carbons (Fsp3) is 0.500. The van der Waals surface area contributed by atoms with Gasteiger partial charge in [-0.15, -0.1) is 0 Å². The Morgan fingerprint density at radius 2 is 1.87 bits per heavy atom. The van der Waals surface area contributed by atoms with E-state index in [1.807, 2.05) is 23.1 Å². The number of hydrogen-bond acceptors (Lipinski definition) is 4. The number of rotatable bonds is 7. The third kappa shape index (κ3) is 5.86. The molecule has 2 fully saturated rings. The van der Waals surface area contributed by atoms with E-state index in [0.717, 1.165) is 63.1 Å². The van der Waals surface area contributed by atoms with Gasteiger partial charge in [-0.3, -0.25) is 9.69 Å². The van der Waals surface area contributed by atoms with Crippen LogP contribution in [0.5, 0.6) is 0 Å². The fourth-order valence-electron chi connectivity index (χ4n) is 5.02. The van der Waals surface area contributed by atoms with Gasteiger partial charge in [0, 0.05) is 49.6 Å². The van der Waals surface area contributed by atoms with Crippen molar-refractivity contribution in [1.82, 2.24) is 9.80 Å². The molecule has 0 radical (unpaired) electrons. The van der Waals surface area contributed by atoms with Crippen LogP contribution in [0.1, 0.15) is 54.4 Å². The molecule has 2 aliphatic rings. The first kappa shape index (κ1) is 21.8. The molecule has 0 unspecified atom stereocenters. The smallest absolute Gasteiger partial charge is 0.254 e. The minimum Gasteiger partial charge on any atom is -0.396 e. The first-order valence-corrected chi connectivity index (χ1v) is 11.8. The standard InChI is InChI=1S/C26H35N3O2/c30-17-14-25-13-4-5-16-29(25)26(31)22-10-6-11-23(18-22)27-24-12-7-15-28(20-24)19-21-8-2-1-3-9-21/h1-3,6,8-11,18,24-25,27,30H,4-5,7,12-17,19-20H2/t24-,25+/m1/s1. The van der Waals surface area contributed by atoms with Gasteiger partial charge in [-0.25, -0.2) is 0 Å². The SMILES string of the molecule is O=C(c1cccc(N[C@@H]2CCCN(Cc3ccccc3)C2)c1)N1CCCC[C@H]1CCO. The largest absolute Gasteiger partial charge is 0.396 e. The Kier molecular flexibility index (Phi) is 7.60. The molecule has 2 saturated heterocycles. The topological polar surface area (TPSA) is 55.8 Å². The minimum absolute atomic E-state index is 0.0937. The Hall–Kier alpha value is -2.37. The molecule has 2 heterocycles. The number of hydrogen-bond donors (Lipinski definition) is 2. The number of aliphatic hydroxyl groups is 1. The van der Waals surface area contributed by atoms with E-state index in [-0.39, 0.29) is 18.6 Å². The van der Waals surface area contributed by atoms with Gasteiger partial charge in [0.1, 0.15) is 0 Å². The summed E-state index contributed by atoms with van der Waals surface area (Å²) >= 11 is 0. The van der Waals surface area contributed by atoms with Crippen LogP contribution in [0, 0.1) is 0 Å². The molecule has 2 aromatic rings. The van der Waals surface area contributed by atoms with Crippen molar-refractivity contribution in [3.63, 3.8) is 0 Å². The number of aliphatic hydroxyl groups excluding tert-OH is 1. The molecule has 0 bridgehead atoms. The van der Waals surface area contributed by atoms with Gasteiger partial charge < -0.3 is 15.3 Å². The summed E-state index contributed by atoms with van der Waals surface area (Å²) in [5.74, 6) is 0.0937. The van der Waals surface area contributed by atoms with Crippen molar-refractivity contribution in [3.05, 3.63) is 65.7 Å². The van der Waals surface area contributed by atoms with Crippen LogP contribution in [0.25, 0.3) is 0 Å². The lowest BCUT2D eigenvalue weighted by Crippen LogP contribution is -2.44. The Balaban J connectivity index is 1.38. The fourth-order valence-corrected chi connectivity index (χ4v) is 5.02. The van der Waals surface area contributed by atoms with Crippen LogP contribution in [0.15, 0.2) is 54.6 Å². The summed E-state index contributed by atoms with van der Waals surface area (Å²) in [5.41, 5.74) is 3.12. The van der Waals surface area contributed by atoms with E-state index in [4.69, 9.17) is 0 Å². The van der Waals surface area contributed by atoms with Gasteiger partial charge in [0.05, 0.1) is 0 Å². The molecule has 5 heteroatoms. The van der Waals surface area contributed by atoms with Gasteiger partial charge in [-0.1, -0.05) is 36.4 Å². The number of nitrogens with zero attached hydrogens (tertiary/aromatic N) is 2. The molecular weight excluding hydrogens is 386 g/mol. The lowest BCUT2D eigenvalue weighted by Gasteiger charge is -2.36. The predicted molar refractivity (Wildman–Crippen MR) is 125 cm³/mol. The second-order valence-corrected chi connectivity index (χ2v) is 8.95. The number of nitrogens with one attached hydrogen (secondary N) is 1. The monoisotopic (exact) mass is 421 g/mol. The Morgan fingerprint density at radius 1 is 1.00 bits per heavy atom. The second kappa shape index (κ2) is 10.8. The molecule has 4 rings (SSSR count). The summed E-state index contributed by atoms with van der Waals surface area (Å²) in [7, 11) is 0. The number of carbonyl (C=O) groups excluding carboxylic acids is 1. The molecule has 0 aliphatic carbocycles. The summed E-state index contributed by atoms with van der Waals surface area (Å²) in [4.78, 5) is 17.7. The average Bonchev–Trinajstić information content (AvgIpc) is 2.80. The zero-order chi connectivity index (χ0) is 21.5. The number of likely N-dealkylation sites (tertiary alicyclic amines) is 2. The molecule has 166 valence electrons. The quantitative estimate of drug-likeness (QED) is 0.706. The van der Waals surface area contributed by atoms with E-state index >= 15 is 0 Å². The number of piperidine rings is 2. The molecule has 5 nitrogen and oxygen atoms in total. The van der Waals surface area contributed by atoms with Crippen molar-refractivity contribution < 1.29 is 9.90 Å². The highest BCUT2D eigenvalue weighted by Crippen LogP contribution is 2.24. The third-order valence-corrected chi connectivity index (χ3v) is 6.59. The lowest BCUT2D eigenvalue weighted by molar-refractivity contribution is 0.0574. The van der Waals surface area contributed by atoms with Gasteiger partial charge in [0.15, 0.2) is 0 Å². The Labute approximate surface area is 186 Å². The van der Waals surface area contributed by atoms with Crippen LogP contribution in [0.4, 0.5) is 5.69 Å². The second-order valence-electron chi connectivity index (χ2n) is 8.95. The molecule has 2 aromatic carbocycles. The highest BCUT2D eigenvalue weighted by molar-refractivity contribution is 5.95. The number of anilines is 1. The van der Waals surface area contributed by atoms with Gasteiger partial charge in [-0.05, 0) is 68.8 Å². The van der Waals surface area contributed by atoms with Crippen molar-refractivity contribution >= 4 is 11.6 Å². The van der Waals surface area contributed by atoms with Crippen LogP contribution in [-0.4, -0.2) is 59.1 Å². The molecule has 0 saturated carbocycles. The highest BCUT2D eigenvalue weighted by Gasteiger charge is 2.27. The van der Waals surface area contributed by atoms with Crippen LogP contribution in [-0.2, 0) is 6.54 Å². The van der Waals surface area contributed by atoms with E-state index in [1.165, 1.54) is 12.0 Å². The number of carbonyl (C=O) groups is 1. The summed E-state index contributed by atoms with van der Waals surface area (Å²) in [5, 5.41) is 13.1. The van der Waals surface area contributed by atoms with Gasteiger partial charge in [0.25, 0.3) is 5.91 Å². The third-order valence-electron chi connectivity index (χ3n) is 6.59. The van der Waals surface area contributed by atoms with Crippen molar-refractivity contribution in [3.8, 4) is 0 Å². The highest BCUT2D eigenvalue weighted by atomic mass is 16.3. The lowest BCUT2D eigenvalue weighted by atomic mass is 9.98. The van der Waals surface area contributed by atoms with Crippen LogP contribution < -0.4 is 5.32 Å². The molecule has 2 atom stereocenters. The summed E-state index contributed by atoms with van der Waals surface area (Å²) in [6.45, 7) is 4.05. The zero-order valence-corrected chi connectivity index (χ0v) is 18.4. The molecular formula is C26H35N3O2. The van der Waals surface area contributed by atoms with Crippen LogP contribution >= 0.6 is 0 Å². The van der Waals surface area contributed by atoms with Crippen molar-refractivity contribution in [2.75, 3.05) is 31.6 Å². The maximum Gasteiger partial charge on any atom is 0.254 e. The predicted octanol–water partition coefficient (Wildman–Crippen LogP) is 4.14. The van der Waals surface area contributed by atoms with Crippen LogP contribution in [0.2, 0.25) is 0 Å². The van der Waals surface area contributed by atoms with E-state index in [9.17, 15) is 9.90 Å². The Morgan fingerprint density at radius 3 is 2.71 bits per heavy atom. The van der Waals surface area contributed by atoms with E-state index < -0.39 is 0 Å². The summed E-state index contributed by atoms with van der Waals surface area (Å²) in [6.07, 6.45) is 6.17. The number of benzene rings is 2. The van der Waals surface area contributed by atoms with E-state index in [0.29, 0.717) is 12.5 Å². The molecule has 2 aliphatic heterocycles. The van der Waals surface area contributed by atoms with E-state index in [1.54, 1.807) is 0 Å². The van der Waals surface area contributed by atoms with Gasteiger partial charge in [-0.2, -0.15) is 0 Å². The van der Waals surface area contributed by atoms with Gasteiger partial charge in [0.2, 0.25) is 0 Å². The molecule has 0 aromatic heterocycles. The summed E-state index contributed by atoms with van der Waals surface area (Å²) in [6, 6.07) is 19.2.